The van der Waals surface area contributed by atoms with Gasteiger partial charge in [0.05, 0.1) is 17.0 Å². The van der Waals surface area contributed by atoms with E-state index in [1.165, 1.54) is 0 Å². The number of anilines is 1. The van der Waals surface area contributed by atoms with E-state index < -0.39 is 10.0 Å². The number of hydrogen-bond donors (Lipinski definition) is 3. The maximum absolute atomic E-state index is 12.1. The van der Waals surface area contributed by atoms with E-state index in [0.717, 1.165) is 12.8 Å². The van der Waals surface area contributed by atoms with Crippen LogP contribution in [0.3, 0.4) is 0 Å². The molecule has 6 nitrogen and oxygen atoms in total. The molecule has 1 amide bonds. The van der Waals surface area contributed by atoms with Gasteiger partial charge in [0.2, 0.25) is 10.0 Å². The molecular formula is C14H24ClN3O3S. The maximum Gasteiger partial charge on any atom is 0.253 e. The van der Waals surface area contributed by atoms with E-state index in [4.69, 9.17) is 5.73 Å². The van der Waals surface area contributed by atoms with Crippen LogP contribution in [0.2, 0.25) is 0 Å². The van der Waals surface area contributed by atoms with Crippen LogP contribution in [0.15, 0.2) is 24.3 Å². The highest BCUT2D eigenvalue weighted by Crippen LogP contribution is 2.16. The highest BCUT2D eigenvalue weighted by atomic mass is 35.5. The van der Waals surface area contributed by atoms with Gasteiger partial charge < -0.3 is 11.1 Å². The van der Waals surface area contributed by atoms with Crippen molar-refractivity contribution >= 4 is 34.0 Å². The lowest BCUT2D eigenvalue weighted by Crippen LogP contribution is -2.27. The van der Waals surface area contributed by atoms with Crippen molar-refractivity contribution in [2.75, 3.05) is 23.6 Å². The summed E-state index contributed by atoms with van der Waals surface area (Å²) in [4.78, 5) is 12.1. The number of carbonyl (C=O) groups is 1. The van der Waals surface area contributed by atoms with Crippen molar-refractivity contribution in [1.82, 2.24) is 5.32 Å². The highest BCUT2D eigenvalue weighted by Gasteiger charge is 2.15. The molecule has 0 unspecified atom stereocenters. The smallest absolute Gasteiger partial charge is 0.253 e. The number of benzene rings is 1. The second-order valence-corrected chi connectivity index (χ2v) is 6.56. The zero-order valence-electron chi connectivity index (χ0n) is 12.7. The van der Waals surface area contributed by atoms with Gasteiger partial charge in [-0.15, -0.1) is 12.4 Å². The van der Waals surface area contributed by atoms with Crippen LogP contribution in [0, 0.1) is 0 Å². The van der Waals surface area contributed by atoms with Crippen LogP contribution < -0.4 is 15.8 Å². The fourth-order valence-corrected chi connectivity index (χ4v) is 2.98. The summed E-state index contributed by atoms with van der Waals surface area (Å²) in [5.74, 6) is -0.263. The molecule has 126 valence electrons. The molecule has 1 aromatic rings. The third kappa shape index (κ3) is 7.11. The summed E-state index contributed by atoms with van der Waals surface area (Å²) in [5.41, 5.74) is 6.02. The van der Waals surface area contributed by atoms with Crippen molar-refractivity contribution < 1.29 is 13.2 Å². The molecule has 0 bridgehead atoms. The van der Waals surface area contributed by atoms with E-state index in [9.17, 15) is 13.2 Å². The average molecular weight is 350 g/mol. The highest BCUT2D eigenvalue weighted by molar-refractivity contribution is 7.92. The fourth-order valence-electron chi connectivity index (χ4n) is 1.82. The Morgan fingerprint density at radius 2 is 1.91 bits per heavy atom. The van der Waals surface area contributed by atoms with Gasteiger partial charge in [-0.05, 0) is 37.9 Å². The first-order valence-electron chi connectivity index (χ1n) is 7.08. The molecule has 0 aliphatic heterocycles. The molecule has 4 N–H and O–H groups in total. The Hall–Kier alpha value is -1.31. The summed E-state index contributed by atoms with van der Waals surface area (Å²) in [5, 5.41) is 2.76. The molecule has 1 rings (SSSR count). The molecule has 0 aliphatic rings. The van der Waals surface area contributed by atoms with Crippen LogP contribution >= 0.6 is 12.4 Å². The van der Waals surface area contributed by atoms with Gasteiger partial charge in [0, 0.05) is 6.54 Å². The molecule has 0 spiro atoms. The lowest BCUT2D eigenvalue weighted by molar-refractivity contribution is 0.0954. The number of rotatable bonds is 9. The molecule has 0 radical (unpaired) electrons. The number of amides is 1. The summed E-state index contributed by atoms with van der Waals surface area (Å²) in [6, 6.07) is 6.57. The normalized spacial score (nSPS) is 10.6. The summed E-state index contributed by atoms with van der Waals surface area (Å²) >= 11 is 0. The van der Waals surface area contributed by atoms with Gasteiger partial charge in [-0.3, -0.25) is 9.52 Å². The third-order valence-electron chi connectivity index (χ3n) is 2.83. The Morgan fingerprint density at radius 1 is 1.23 bits per heavy atom. The molecule has 8 heteroatoms. The zero-order valence-corrected chi connectivity index (χ0v) is 14.3. The molecule has 0 aromatic heterocycles. The molecule has 0 fully saturated rings. The third-order valence-corrected chi connectivity index (χ3v) is 4.30. The summed E-state index contributed by atoms with van der Waals surface area (Å²) < 4.78 is 26.1. The summed E-state index contributed by atoms with van der Waals surface area (Å²) in [6.07, 6.45) is 2.15. The van der Waals surface area contributed by atoms with Crippen molar-refractivity contribution in [2.45, 2.75) is 26.2 Å². The Labute approximate surface area is 138 Å². The fraction of sp³-hybridized carbons (Fsp3) is 0.500. The topological polar surface area (TPSA) is 101 Å². The van der Waals surface area contributed by atoms with Gasteiger partial charge >= 0.3 is 0 Å². The van der Waals surface area contributed by atoms with Crippen molar-refractivity contribution in [3.8, 4) is 0 Å². The van der Waals surface area contributed by atoms with E-state index in [1.807, 2.05) is 0 Å². The average Bonchev–Trinajstić information content (AvgIpc) is 2.43. The molecule has 0 aliphatic carbocycles. The Kier molecular flexibility index (Phi) is 9.80. The van der Waals surface area contributed by atoms with E-state index >= 15 is 0 Å². The number of halogens is 1. The van der Waals surface area contributed by atoms with E-state index in [2.05, 4.69) is 10.0 Å². The van der Waals surface area contributed by atoms with Gasteiger partial charge in [0.15, 0.2) is 0 Å². The number of unbranched alkanes of at least 4 members (excludes halogenated alkanes) is 1. The maximum atomic E-state index is 12.1. The number of sulfonamides is 1. The number of carbonyl (C=O) groups excluding carboxylic acids is 1. The predicted molar refractivity (Wildman–Crippen MR) is 92.0 cm³/mol. The molecule has 0 atom stereocenters. The zero-order chi connectivity index (χ0) is 15.7. The van der Waals surface area contributed by atoms with Gasteiger partial charge in [-0.2, -0.15) is 0 Å². The number of nitrogens with two attached hydrogens (primary N) is 1. The monoisotopic (exact) mass is 349 g/mol. The van der Waals surface area contributed by atoms with Gasteiger partial charge in [0.1, 0.15) is 0 Å². The quantitative estimate of drug-likeness (QED) is 0.591. The predicted octanol–water partition coefficient (Wildman–Crippen LogP) is 1.73. The SMILES string of the molecule is CCCS(=O)(=O)Nc1ccccc1C(=O)NCCCCN.Cl. The largest absolute Gasteiger partial charge is 0.352 e. The van der Waals surface area contributed by atoms with Crippen LogP contribution in [0.4, 0.5) is 5.69 Å². The first-order valence-corrected chi connectivity index (χ1v) is 8.73. The number of para-hydroxylation sites is 1. The second-order valence-electron chi connectivity index (χ2n) is 4.72. The van der Waals surface area contributed by atoms with Gasteiger partial charge in [-0.25, -0.2) is 8.42 Å². The first kappa shape index (κ1) is 20.7. The van der Waals surface area contributed by atoms with Crippen molar-refractivity contribution in [3.05, 3.63) is 29.8 Å². The van der Waals surface area contributed by atoms with E-state index in [0.29, 0.717) is 30.8 Å². The standard InChI is InChI=1S/C14H23N3O3S.ClH/c1-2-11-21(19,20)17-13-8-4-3-7-12(13)14(18)16-10-6-5-9-15;/h3-4,7-8,17H,2,5-6,9-11,15H2,1H3,(H,16,18);1H. The first-order chi connectivity index (χ1) is 10.00. The molecule has 0 saturated carbocycles. The molecule has 0 saturated heterocycles. The Morgan fingerprint density at radius 3 is 2.55 bits per heavy atom. The van der Waals surface area contributed by atoms with Crippen LogP contribution in [0.5, 0.6) is 0 Å². The van der Waals surface area contributed by atoms with Crippen molar-refractivity contribution in [2.24, 2.45) is 5.73 Å². The van der Waals surface area contributed by atoms with Crippen LogP contribution in [0.1, 0.15) is 36.5 Å². The van der Waals surface area contributed by atoms with E-state index in [1.54, 1.807) is 31.2 Å². The lowest BCUT2D eigenvalue weighted by Gasteiger charge is -2.12. The van der Waals surface area contributed by atoms with Crippen LogP contribution in [-0.2, 0) is 10.0 Å². The van der Waals surface area contributed by atoms with Gasteiger partial charge in [-0.1, -0.05) is 19.1 Å². The van der Waals surface area contributed by atoms with Crippen LogP contribution in [-0.4, -0.2) is 33.2 Å². The molecule has 1 aromatic carbocycles. The minimum absolute atomic E-state index is 0. The van der Waals surface area contributed by atoms with Gasteiger partial charge in [0.25, 0.3) is 5.91 Å². The molecular weight excluding hydrogens is 326 g/mol. The summed E-state index contributed by atoms with van der Waals surface area (Å²) in [6.45, 7) is 2.89. The Bertz CT molecular complexity index is 564. The lowest BCUT2D eigenvalue weighted by atomic mass is 10.1. The molecule has 0 heterocycles. The molecule has 22 heavy (non-hydrogen) atoms. The number of nitrogens with one attached hydrogen (secondary N) is 2. The van der Waals surface area contributed by atoms with Crippen molar-refractivity contribution in [1.29, 1.82) is 0 Å². The van der Waals surface area contributed by atoms with E-state index in [-0.39, 0.29) is 24.1 Å². The number of hydrogen-bond acceptors (Lipinski definition) is 4. The van der Waals surface area contributed by atoms with Crippen molar-refractivity contribution in [3.63, 3.8) is 0 Å². The second kappa shape index (κ2) is 10.4. The minimum atomic E-state index is -3.42. The summed E-state index contributed by atoms with van der Waals surface area (Å²) in [7, 11) is -3.42. The minimum Gasteiger partial charge on any atom is -0.352 e. The van der Waals surface area contributed by atoms with Crippen LogP contribution in [0.25, 0.3) is 0 Å². The Balaban J connectivity index is 0.00000441.